The van der Waals surface area contributed by atoms with Crippen LogP contribution in [0.3, 0.4) is 0 Å². The number of halogens is 1. The van der Waals surface area contributed by atoms with E-state index in [1.165, 1.54) is 11.8 Å². The summed E-state index contributed by atoms with van der Waals surface area (Å²) >= 11 is 1.30. The Morgan fingerprint density at radius 2 is 2.40 bits per heavy atom. The van der Waals surface area contributed by atoms with Crippen LogP contribution in [0.1, 0.15) is 6.92 Å². The van der Waals surface area contributed by atoms with Crippen molar-refractivity contribution < 1.29 is 4.39 Å². The molecule has 0 radical (unpaired) electrons. The molecule has 0 saturated carbocycles. The summed E-state index contributed by atoms with van der Waals surface area (Å²) in [4.78, 5) is 0. The molecular formula is C3H7FS. The molecule has 0 rings (SSSR count). The Morgan fingerprint density at radius 1 is 1.80 bits per heavy atom. The van der Waals surface area contributed by atoms with Crippen LogP contribution in [-0.4, -0.2) is 11.8 Å². The Labute approximate surface area is 35.8 Å². The van der Waals surface area contributed by atoms with Crippen LogP contribution in [0.4, 0.5) is 4.39 Å². The Kier molecular flexibility index (Phi) is 4.52. The largest absolute Gasteiger partial charge is 0.239 e. The molecule has 0 aliphatic carbocycles. The van der Waals surface area contributed by atoms with Crippen molar-refractivity contribution in [1.82, 2.24) is 0 Å². The second-order valence-corrected chi connectivity index (χ2v) is 1.81. The molecule has 0 saturated heterocycles. The molecule has 0 atom stereocenters. The van der Waals surface area contributed by atoms with E-state index in [1.54, 1.807) is 0 Å². The van der Waals surface area contributed by atoms with E-state index in [9.17, 15) is 4.39 Å². The fourth-order valence-corrected chi connectivity index (χ4v) is 0.231. The van der Waals surface area contributed by atoms with Gasteiger partial charge in [-0.1, -0.05) is 6.92 Å². The molecule has 0 amide bonds. The van der Waals surface area contributed by atoms with Crippen molar-refractivity contribution in [2.45, 2.75) is 6.92 Å². The first-order valence-corrected chi connectivity index (χ1v) is 2.71. The van der Waals surface area contributed by atoms with Gasteiger partial charge in [0.2, 0.25) is 0 Å². The van der Waals surface area contributed by atoms with Gasteiger partial charge in [0, 0.05) is 0 Å². The maximum Gasteiger partial charge on any atom is 0.135 e. The third-order valence-corrected chi connectivity index (χ3v) is 0.844. The molecule has 0 nitrogen and oxygen atoms in total. The van der Waals surface area contributed by atoms with Crippen LogP contribution in [0, 0.1) is 0 Å². The standard InChI is InChI=1S/C3H7FS/c1-2-5-3-4/h2-3H2,1H3. The highest BCUT2D eigenvalue weighted by Crippen LogP contribution is 1.95. The predicted octanol–water partition coefficient (Wildman–Crippen LogP) is 1.67. The maximum absolute atomic E-state index is 11.0. The van der Waals surface area contributed by atoms with Gasteiger partial charge in [0.05, 0.1) is 0 Å². The molecule has 0 N–H and O–H groups in total. The molecule has 0 bridgehead atoms. The third kappa shape index (κ3) is 4.28. The summed E-state index contributed by atoms with van der Waals surface area (Å²) in [6.07, 6.45) is 0. The van der Waals surface area contributed by atoms with E-state index in [0.717, 1.165) is 5.75 Å². The highest BCUT2D eigenvalue weighted by molar-refractivity contribution is 7.99. The van der Waals surface area contributed by atoms with Gasteiger partial charge in [-0.3, -0.25) is 0 Å². The van der Waals surface area contributed by atoms with Gasteiger partial charge in [-0.25, -0.2) is 4.39 Å². The maximum atomic E-state index is 11.0. The lowest BCUT2D eigenvalue weighted by Crippen LogP contribution is -1.62. The zero-order chi connectivity index (χ0) is 4.12. The van der Waals surface area contributed by atoms with E-state index in [4.69, 9.17) is 0 Å². The Morgan fingerprint density at radius 3 is 2.40 bits per heavy atom. The summed E-state index contributed by atoms with van der Waals surface area (Å²) in [5, 5.41) is 0. The van der Waals surface area contributed by atoms with Crippen LogP contribution in [0.15, 0.2) is 0 Å². The van der Waals surface area contributed by atoms with Crippen molar-refractivity contribution in [2.75, 3.05) is 11.8 Å². The summed E-state index contributed by atoms with van der Waals surface area (Å²) in [6, 6.07) is -0.240. The zero-order valence-electron chi connectivity index (χ0n) is 3.20. The number of thioether (sulfide) groups is 1. The average molecular weight is 94.2 g/mol. The first-order valence-electron chi connectivity index (χ1n) is 1.55. The molecule has 0 unspecified atom stereocenters. The van der Waals surface area contributed by atoms with Gasteiger partial charge in [0.25, 0.3) is 0 Å². The van der Waals surface area contributed by atoms with Crippen LogP contribution in [0.5, 0.6) is 0 Å². The normalized spacial score (nSPS) is 8.40. The summed E-state index contributed by atoms with van der Waals surface area (Å²) in [7, 11) is 0. The van der Waals surface area contributed by atoms with E-state index in [1.807, 2.05) is 6.92 Å². The van der Waals surface area contributed by atoms with Gasteiger partial charge in [-0.15, -0.1) is 11.8 Å². The van der Waals surface area contributed by atoms with E-state index < -0.39 is 0 Å². The molecule has 0 aliphatic heterocycles. The number of alkyl halides is 1. The van der Waals surface area contributed by atoms with Gasteiger partial charge < -0.3 is 0 Å². The van der Waals surface area contributed by atoms with E-state index in [0.29, 0.717) is 0 Å². The van der Waals surface area contributed by atoms with E-state index in [2.05, 4.69) is 0 Å². The van der Waals surface area contributed by atoms with Crippen molar-refractivity contribution in [1.29, 1.82) is 0 Å². The Balaban J connectivity index is 2.19. The van der Waals surface area contributed by atoms with E-state index in [-0.39, 0.29) is 6.01 Å². The average Bonchev–Trinajstić information content (AvgIpc) is 1.41. The van der Waals surface area contributed by atoms with Crippen molar-refractivity contribution in [3.8, 4) is 0 Å². The van der Waals surface area contributed by atoms with Gasteiger partial charge in [-0.2, -0.15) is 0 Å². The van der Waals surface area contributed by atoms with Crippen molar-refractivity contribution in [2.24, 2.45) is 0 Å². The molecule has 0 aliphatic rings. The summed E-state index contributed by atoms with van der Waals surface area (Å²) in [5.74, 6) is 0.885. The molecule has 0 fully saturated rings. The number of hydrogen-bond acceptors (Lipinski definition) is 1. The van der Waals surface area contributed by atoms with Crippen molar-refractivity contribution in [3.05, 3.63) is 0 Å². The van der Waals surface area contributed by atoms with Crippen molar-refractivity contribution >= 4 is 11.8 Å². The highest BCUT2D eigenvalue weighted by atomic mass is 32.2. The SMILES string of the molecule is CCSCF. The topological polar surface area (TPSA) is 0 Å². The molecule has 0 aromatic rings. The monoisotopic (exact) mass is 94.0 g/mol. The number of rotatable bonds is 2. The summed E-state index contributed by atoms with van der Waals surface area (Å²) in [6.45, 7) is 1.93. The highest BCUT2D eigenvalue weighted by Gasteiger charge is 1.70. The van der Waals surface area contributed by atoms with Crippen LogP contribution < -0.4 is 0 Å². The minimum absolute atomic E-state index is 0.240. The molecule has 32 valence electrons. The molecule has 0 aromatic heterocycles. The lowest BCUT2D eigenvalue weighted by atomic mass is 11.0. The summed E-state index contributed by atoms with van der Waals surface area (Å²) < 4.78 is 11.0. The first-order chi connectivity index (χ1) is 2.41. The molecule has 0 heterocycles. The lowest BCUT2D eigenvalue weighted by Gasteiger charge is -1.77. The quantitative estimate of drug-likeness (QED) is 0.501. The molecule has 5 heavy (non-hydrogen) atoms. The minimum atomic E-state index is -0.240. The lowest BCUT2D eigenvalue weighted by molar-refractivity contribution is 0.606. The van der Waals surface area contributed by atoms with Gasteiger partial charge in [0.1, 0.15) is 6.01 Å². The first kappa shape index (κ1) is 5.28. The van der Waals surface area contributed by atoms with Crippen LogP contribution in [0.2, 0.25) is 0 Å². The van der Waals surface area contributed by atoms with Gasteiger partial charge >= 0.3 is 0 Å². The predicted molar refractivity (Wildman–Crippen MR) is 24.1 cm³/mol. The summed E-state index contributed by atoms with van der Waals surface area (Å²) in [5.41, 5.74) is 0. The second kappa shape index (κ2) is 4.28. The minimum Gasteiger partial charge on any atom is -0.239 e. The Hall–Kier alpha value is 0.280. The molecule has 0 spiro atoms. The third-order valence-electron chi connectivity index (χ3n) is 0.281. The van der Waals surface area contributed by atoms with E-state index >= 15 is 0 Å². The van der Waals surface area contributed by atoms with Crippen LogP contribution in [0.25, 0.3) is 0 Å². The number of hydrogen-bond donors (Lipinski definition) is 0. The fourth-order valence-electron chi connectivity index (χ4n) is 0.0772. The molecular weight excluding hydrogens is 87.1 g/mol. The van der Waals surface area contributed by atoms with Crippen LogP contribution >= 0.6 is 11.8 Å². The van der Waals surface area contributed by atoms with Crippen molar-refractivity contribution in [3.63, 3.8) is 0 Å². The molecule has 0 aromatic carbocycles. The smallest absolute Gasteiger partial charge is 0.135 e. The second-order valence-electron chi connectivity index (χ2n) is 0.602. The van der Waals surface area contributed by atoms with Gasteiger partial charge in [-0.05, 0) is 5.75 Å². The zero-order valence-corrected chi connectivity index (χ0v) is 4.02. The fraction of sp³-hybridized carbons (Fsp3) is 1.00. The Bertz CT molecular complexity index is 14.4. The molecule has 2 heteroatoms. The van der Waals surface area contributed by atoms with Crippen LogP contribution in [-0.2, 0) is 0 Å². The van der Waals surface area contributed by atoms with Gasteiger partial charge in [0.15, 0.2) is 0 Å².